The lowest BCUT2D eigenvalue weighted by molar-refractivity contribution is -0.697. The summed E-state index contributed by atoms with van der Waals surface area (Å²) in [6.45, 7) is 2.90. The lowest BCUT2D eigenvalue weighted by atomic mass is 10.2. The third-order valence-corrected chi connectivity index (χ3v) is 15.2. The molecule has 0 bridgehead atoms. The number of hydrogen-bond acceptors (Lipinski definition) is 17. The van der Waals surface area contributed by atoms with Crippen molar-refractivity contribution in [3.8, 4) is 11.5 Å². The lowest BCUT2D eigenvalue weighted by Gasteiger charge is -2.11. The summed E-state index contributed by atoms with van der Waals surface area (Å²) in [6, 6.07) is 50.7. The monoisotopic (exact) mass is 1660 g/mol. The Bertz CT molecular complexity index is 4000. The van der Waals surface area contributed by atoms with Gasteiger partial charge in [0.15, 0.2) is 24.8 Å². The Morgan fingerprint density at radius 3 is 1.18 bits per heavy atom. The number of azo groups is 5. The molecule has 22 nitrogen and oxygen atoms in total. The van der Waals surface area contributed by atoms with Crippen LogP contribution in [0.1, 0.15) is 81.1 Å². The van der Waals surface area contributed by atoms with E-state index in [1.807, 2.05) is 236 Å². The molecule has 0 aliphatic carbocycles. The highest BCUT2D eigenvalue weighted by molar-refractivity contribution is 9.09. The molecule has 0 radical (unpaired) electrons. The molecule has 0 unspecified atom stereocenters. The third kappa shape index (κ3) is 34.6. The average Bonchev–Trinajstić information content (AvgIpc) is 1.29. The highest BCUT2D eigenvalue weighted by Crippen LogP contribution is 2.26. The Morgan fingerprint density at radius 2 is 0.796 bits per heavy atom. The fraction of sp³-hybridized carbons (Fsp3) is 0.338. The van der Waals surface area contributed by atoms with Crippen LogP contribution in [0, 0.1) is 0 Å². The summed E-state index contributed by atoms with van der Waals surface area (Å²) in [5.74, 6) is 3.02. The van der Waals surface area contributed by atoms with Gasteiger partial charge in [0.2, 0.25) is 5.95 Å². The van der Waals surface area contributed by atoms with Crippen LogP contribution in [-0.2, 0) is 33.7 Å². The van der Waals surface area contributed by atoms with Crippen LogP contribution in [0.3, 0.4) is 0 Å². The van der Waals surface area contributed by atoms with E-state index >= 15 is 0 Å². The van der Waals surface area contributed by atoms with Gasteiger partial charge in [0.1, 0.15) is 47.3 Å². The summed E-state index contributed by atoms with van der Waals surface area (Å²) in [4.78, 5) is 14.2. The number of unbranched alkanes of at least 4 members (excludes halogenated alkanes) is 6. The van der Waals surface area contributed by atoms with Crippen LogP contribution < -0.4 is 88.8 Å². The Labute approximate surface area is 652 Å². The molecule has 103 heavy (non-hydrogen) atoms. The molecule has 0 saturated heterocycles. The zero-order valence-electron chi connectivity index (χ0n) is 58.0. The van der Waals surface area contributed by atoms with E-state index in [2.05, 4.69) is 132 Å². The van der Waals surface area contributed by atoms with Gasteiger partial charge in [-0.3, -0.25) is 4.98 Å². The molecule has 5 aromatic carbocycles. The number of methoxy groups -OCH3 is 2. The number of imidazole rings is 2. The average molecular weight is 1660 g/mol. The predicted molar refractivity (Wildman–Crippen MR) is 413 cm³/mol. The first-order valence-corrected chi connectivity index (χ1v) is 33.0. The van der Waals surface area contributed by atoms with Gasteiger partial charge in [-0.2, -0.15) is 15.3 Å². The quantitative estimate of drug-likeness (QED) is 0.0201. The molecule has 5 heterocycles. The summed E-state index contributed by atoms with van der Waals surface area (Å²) in [7, 11) is 19.3. The first kappa shape index (κ1) is 93.9. The van der Waals surface area contributed by atoms with Crippen LogP contribution in [0.25, 0.3) is 0 Å². The van der Waals surface area contributed by atoms with E-state index in [0.29, 0.717) is 5.95 Å². The van der Waals surface area contributed by atoms with Crippen LogP contribution >= 0.6 is 15.9 Å². The van der Waals surface area contributed by atoms with E-state index in [1.54, 1.807) is 37.4 Å². The van der Waals surface area contributed by atoms with Crippen molar-refractivity contribution in [1.82, 2.24) is 19.1 Å². The van der Waals surface area contributed by atoms with Gasteiger partial charge in [0.25, 0.3) is 0 Å². The van der Waals surface area contributed by atoms with Crippen LogP contribution in [0.2, 0.25) is 0 Å². The van der Waals surface area contributed by atoms with Crippen molar-refractivity contribution >= 4 is 90.4 Å². The van der Waals surface area contributed by atoms with Crippen LogP contribution in [0.15, 0.2) is 271 Å². The van der Waals surface area contributed by atoms with Crippen molar-refractivity contribution in [2.45, 2.75) is 101 Å². The Morgan fingerprint density at radius 1 is 0.417 bits per heavy atom. The smallest absolute Gasteiger partial charge is 0.421 e. The van der Waals surface area contributed by atoms with Gasteiger partial charge in [0.05, 0.1) is 69.2 Å². The molecule has 26 heteroatoms. The maximum absolute atomic E-state index is 5.20. The molecular weight excluding hydrogens is 1560 g/mol. The number of nitrogens with zero attached hydrogens (tertiary/aromatic N) is 20. The van der Waals surface area contributed by atoms with Crippen LogP contribution in [0.5, 0.6) is 11.5 Å². The normalized spacial score (nSPS) is 10.4. The number of pyridine rings is 3. The van der Waals surface area contributed by atoms with Gasteiger partial charge in [-0.25, -0.2) is 23.3 Å². The number of anilines is 3. The summed E-state index contributed by atoms with van der Waals surface area (Å²) < 4.78 is 20.6. The Kier molecular flexibility index (Phi) is 48.1. The number of halogens is 4. The van der Waals surface area contributed by atoms with E-state index < -0.39 is 0 Å². The van der Waals surface area contributed by atoms with Gasteiger partial charge >= 0.3 is 5.95 Å². The van der Waals surface area contributed by atoms with E-state index in [0.717, 1.165) is 131 Å². The predicted octanol–water partition coefficient (Wildman–Crippen LogP) is 12.1. The summed E-state index contributed by atoms with van der Waals surface area (Å²) in [5, 5.41) is 43.8. The maximum atomic E-state index is 5.20. The number of alkyl halides is 1. The topological polar surface area (TPSA) is 199 Å². The highest BCUT2D eigenvalue weighted by Gasteiger charge is 2.15. The minimum atomic E-state index is 0. The van der Waals surface area contributed by atoms with Crippen molar-refractivity contribution in [3.63, 3.8) is 0 Å². The highest BCUT2D eigenvalue weighted by atomic mass is 79.9. The second-order valence-electron chi connectivity index (χ2n) is 22.7. The first-order chi connectivity index (χ1) is 46.7. The van der Waals surface area contributed by atoms with Crippen molar-refractivity contribution < 1.29 is 74.1 Å². The number of benzene rings is 5. The fourth-order valence-electron chi connectivity index (χ4n) is 9.07. The minimum absolute atomic E-state index is 0. The molecule has 0 saturated carbocycles. The summed E-state index contributed by atoms with van der Waals surface area (Å²) >= 11 is 3.47. The van der Waals surface area contributed by atoms with Crippen LogP contribution in [0.4, 0.5) is 74.5 Å². The van der Waals surface area contributed by atoms with Gasteiger partial charge in [0, 0.05) is 120 Å². The number of rotatable bonds is 28. The van der Waals surface area contributed by atoms with Crippen molar-refractivity contribution in [3.05, 3.63) is 220 Å². The van der Waals surface area contributed by atoms with E-state index in [9.17, 15) is 0 Å². The zero-order chi connectivity index (χ0) is 68.1. The molecule has 0 aliphatic heterocycles. The minimum Gasteiger partial charge on any atom is -1.00 e. The Hall–Kier alpha value is -9.11. The number of hydrogen-bond donors (Lipinski definition) is 0. The number of ether oxygens (including phenoxy) is 2. The SMILES string of the molecule is C.C.C.C.CN(C)c1ccc(N=Nc2ccc[n+](CCCCCCBr)c2)cc1.CN(C)c1ccc(N=Nc2cccnc2)cc1.COc1ccc(N=Nc2n(CCCCCC[n+]3cccc(N=Nc4ccc(N(C)C)cc4)c3)cc[n+]2C)cc1.COc1ccc(N=Nc2nccn2C)cc1.[Br-].[Br-].[Br-]. The van der Waals surface area contributed by atoms with Gasteiger partial charge in [-0.05, 0) is 171 Å². The summed E-state index contributed by atoms with van der Waals surface area (Å²) in [6.07, 6.45) is 28.8. The van der Waals surface area contributed by atoms with E-state index in [1.165, 1.54) is 25.7 Å². The van der Waals surface area contributed by atoms with Gasteiger partial charge in [-0.15, -0.1) is 25.6 Å². The fourth-order valence-corrected chi connectivity index (χ4v) is 9.47. The maximum Gasteiger partial charge on any atom is 0.421 e. The number of aromatic nitrogens is 7. The van der Waals surface area contributed by atoms with Crippen LogP contribution in [-0.4, -0.2) is 80.9 Å². The molecular formula is C77H106Br4N20O2. The molecule has 0 N–H and O–H groups in total. The first-order valence-electron chi connectivity index (χ1n) is 31.9. The van der Waals surface area contributed by atoms with Crippen molar-refractivity contribution in [1.29, 1.82) is 0 Å². The molecule has 10 rings (SSSR count). The summed E-state index contributed by atoms with van der Waals surface area (Å²) in [5.41, 5.74) is 10.0. The molecule has 554 valence electrons. The molecule has 5 aromatic heterocycles. The molecule has 0 atom stereocenters. The number of aryl methyl sites for hydroxylation is 5. The van der Waals surface area contributed by atoms with E-state index in [4.69, 9.17) is 9.47 Å². The van der Waals surface area contributed by atoms with Crippen molar-refractivity contribution in [2.24, 2.45) is 65.2 Å². The molecule has 10 aromatic rings. The van der Waals surface area contributed by atoms with E-state index in [-0.39, 0.29) is 80.7 Å². The standard InChI is InChI=1S/C30H38N8O.C19H26BrN4.C13H14N4.C11H12N4O.4CH4.3BrH/c1-35(2)28-15-11-25(12-16-28)31-33-27-10-9-20-37(24-27)19-7-5-6-8-21-38-23-22-36(3)30(38)34-32-26-13-17-29(39-4)18-14-26;1-23(2)19-11-9-17(10-12-19)21-22-18-8-7-15-24(16-18)14-6-4-3-5-13-20;1-17(2)13-7-5-11(6-8-13)15-16-12-4-3-9-14-10-12;1-15-8-7-12-11(15)14-13-9-3-5-10(16-2)6-4-9;;;;;;;/h9-18,20,22-24H,5-8,19,21H2,1-4H3;7-12,15-16H,3-6,13-14H2,1-2H3;3-10H,1-2H3;3-8H,1-2H3;4*1H4;3*1H/q+2;+1;;;;;;;;;/p-3. The third-order valence-electron chi connectivity index (χ3n) is 14.6. The molecule has 0 aliphatic rings. The second kappa shape index (κ2) is 52.8. The van der Waals surface area contributed by atoms with Crippen molar-refractivity contribution in [2.75, 3.05) is 76.5 Å². The second-order valence-corrected chi connectivity index (χ2v) is 23.5. The molecule has 0 spiro atoms. The Balaban J connectivity index is 0.00000140. The van der Waals surface area contributed by atoms with Gasteiger partial charge < -0.3 is 79.7 Å². The lowest BCUT2D eigenvalue weighted by Crippen LogP contribution is -3.00. The largest absolute Gasteiger partial charge is 1.00 e. The molecule has 0 fully saturated rings. The molecule has 0 amide bonds. The van der Waals surface area contributed by atoms with Gasteiger partial charge in [-0.1, -0.05) is 63.6 Å². The zero-order valence-corrected chi connectivity index (χ0v) is 64.4.